The van der Waals surface area contributed by atoms with Gasteiger partial charge in [-0.2, -0.15) is 0 Å². The van der Waals surface area contributed by atoms with Crippen molar-refractivity contribution < 1.29 is 19.1 Å². The number of aromatic nitrogens is 3. The molecule has 33 heavy (non-hydrogen) atoms. The molecule has 0 fully saturated rings. The van der Waals surface area contributed by atoms with Crippen molar-refractivity contribution >= 4 is 29.1 Å². The van der Waals surface area contributed by atoms with Gasteiger partial charge < -0.3 is 19.4 Å². The smallest absolute Gasteiger partial charge is 0.226 e. The topological polar surface area (TPSA) is 95.3 Å². The van der Waals surface area contributed by atoms with Gasteiger partial charge in [0.15, 0.2) is 34.4 Å². The second kappa shape index (κ2) is 9.66. The van der Waals surface area contributed by atoms with Crippen molar-refractivity contribution in [1.29, 1.82) is 0 Å². The fraction of sp³-hybridized carbons (Fsp3) is 0.333. The number of para-hydroxylation sites is 2. The van der Waals surface area contributed by atoms with Crippen molar-refractivity contribution in [2.24, 2.45) is 13.0 Å². The summed E-state index contributed by atoms with van der Waals surface area (Å²) >= 11 is 1.34. The molecule has 0 saturated carbocycles. The lowest BCUT2D eigenvalue weighted by molar-refractivity contribution is -0.118. The van der Waals surface area contributed by atoms with E-state index in [1.165, 1.54) is 11.8 Å². The number of benzene rings is 2. The quantitative estimate of drug-likeness (QED) is 0.410. The molecule has 0 radical (unpaired) electrons. The van der Waals surface area contributed by atoms with Gasteiger partial charge in [-0.3, -0.25) is 9.59 Å². The molecule has 1 aliphatic heterocycles. The number of thioether (sulfide) groups is 1. The van der Waals surface area contributed by atoms with Crippen LogP contribution in [0.5, 0.6) is 11.5 Å². The average molecular weight is 467 g/mol. The van der Waals surface area contributed by atoms with Crippen LogP contribution in [-0.2, 0) is 11.8 Å². The summed E-state index contributed by atoms with van der Waals surface area (Å²) in [7, 11) is 1.85. The zero-order chi connectivity index (χ0) is 23.5. The van der Waals surface area contributed by atoms with Gasteiger partial charge >= 0.3 is 0 Å². The maximum atomic E-state index is 12.9. The molecule has 1 aliphatic rings. The number of rotatable bonds is 7. The van der Waals surface area contributed by atoms with Crippen LogP contribution in [0, 0.1) is 5.92 Å². The van der Waals surface area contributed by atoms with Gasteiger partial charge in [-0.15, -0.1) is 10.2 Å². The summed E-state index contributed by atoms with van der Waals surface area (Å²) in [5.41, 5.74) is 1.24. The first-order valence-electron chi connectivity index (χ1n) is 10.7. The third-order valence-corrected chi connectivity index (χ3v) is 6.41. The molecule has 2 heterocycles. The molecule has 8 nitrogen and oxygen atoms in total. The van der Waals surface area contributed by atoms with E-state index in [9.17, 15) is 9.59 Å². The largest absolute Gasteiger partial charge is 0.485 e. The Morgan fingerprint density at radius 1 is 1.06 bits per heavy atom. The van der Waals surface area contributed by atoms with E-state index in [1.54, 1.807) is 24.3 Å². The van der Waals surface area contributed by atoms with Gasteiger partial charge in [0, 0.05) is 24.2 Å². The van der Waals surface area contributed by atoms with Crippen LogP contribution < -0.4 is 14.8 Å². The van der Waals surface area contributed by atoms with E-state index in [1.807, 2.05) is 56.7 Å². The Kier molecular flexibility index (Phi) is 6.69. The predicted octanol–water partition coefficient (Wildman–Crippen LogP) is 4.29. The van der Waals surface area contributed by atoms with Crippen molar-refractivity contribution in [2.75, 3.05) is 11.9 Å². The Bertz CT molecular complexity index is 1160. The molecule has 1 N–H and O–H groups in total. The molecule has 2 unspecified atom stereocenters. The standard InChI is InChI=1S/C24H26N4O4S/c1-14(2)23(30)25-17-11-9-16(10-12-17)21(29)15(3)33-24-27-26-22(28(24)4)20-13-31-18-7-5-6-8-19(18)32-20/h5-12,14-15,20H,13H2,1-4H3,(H,25,30). The van der Waals surface area contributed by atoms with E-state index >= 15 is 0 Å². The minimum absolute atomic E-state index is 0.0301. The van der Waals surface area contributed by atoms with Gasteiger partial charge in [0.05, 0.1) is 5.25 Å². The summed E-state index contributed by atoms with van der Waals surface area (Å²) in [5, 5.41) is 11.6. The second-order valence-corrected chi connectivity index (χ2v) is 9.42. The van der Waals surface area contributed by atoms with E-state index in [0.717, 1.165) is 0 Å². The van der Waals surface area contributed by atoms with Crippen molar-refractivity contribution in [2.45, 2.75) is 37.3 Å². The highest BCUT2D eigenvalue weighted by molar-refractivity contribution is 8.00. The summed E-state index contributed by atoms with van der Waals surface area (Å²) in [6.45, 7) is 5.83. The minimum atomic E-state index is -0.383. The monoisotopic (exact) mass is 466 g/mol. The predicted molar refractivity (Wildman–Crippen MR) is 126 cm³/mol. The lowest BCUT2D eigenvalue weighted by Gasteiger charge is -2.25. The molecule has 1 aromatic heterocycles. The number of amides is 1. The number of carbonyl (C=O) groups excluding carboxylic acids is 2. The third-order valence-electron chi connectivity index (χ3n) is 5.28. The second-order valence-electron chi connectivity index (χ2n) is 8.11. The Morgan fingerprint density at radius 3 is 2.45 bits per heavy atom. The summed E-state index contributed by atoms with van der Waals surface area (Å²) in [6, 6.07) is 14.4. The highest BCUT2D eigenvalue weighted by Crippen LogP contribution is 2.36. The number of ether oxygens (including phenoxy) is 2. The van der Waals surface area contributed by atoms with Crippen molar-refractivity contribution in [3.8, 4) is 11.5 Å². The number of carbonyl (C=O) groups is 2. The van der Waals surface area contributed by atoms with Crippen LogP contribution in [0.25, 0.3) is 0 Å². The molecule has 0 aliphatic carbocycles. The number of ketones is 1. The molecule has 0 bridgehead atoms. The van der Waals surface area contributed by atoms with Gasteiger partial charge in [0.1, 0.15) is 6.61 Å². The Labute approximate surface area is 196 Å². The van der Waals surface area contributed by atoms with E-state index in [0.29, 0.717) is 40.3 Å². The van der Waals surface area contributed by atoms with Crippen LogP contribution in [0.1, 0.15) is 43.1 Å². The zero-order valence-electron chi connectivity index (χ0n) is 18.9. The fourth-order valence-electron chi connectivity index (χ4n) is 3.31. The van der Waals surface area contributed by atoms with E-state index < -0.39 is 0 Å². The number of hydrogen-bond donors (Lipinski definition) is 1. The van der Waals surface area contributed by atoms with Crippen molar-refractivity contribution in [3.05, 3.63) is 59.9 Å². The van der Waals surface area contributed by atoms with Gasteiger partial charge in [-0.1, -0.05) is 37.7 Å². The van der Waals surface area contributed by atoms with Crippen LogP contribution in [0.3, 0.4) is 0 Å². The molecule has 4 rings (SSSR count). The SMILES string of the molecule is CC(C)C(=O)Nc1ccc(C(=O)C(C)Sc2nnc(C3COc4ccccc4O3)n2C)cc1. The van der Waals surface area contributed by atoms with E-state index in [-0.39, 0.29) is 29.0 Å². The van der Waals surface area contributed by atoms with Crippen LogP contribution in [0.2, 0.25) is 0 Å². The molecule has 172 valence electrons. The Balaban J connectivity index is 1.41. The number of anilines is 1. The maximum absolute atomic E-state index is 12.9. The molecule has 2 aromatic carbocycles. The lowest BCUT2D eigenvalue weighted by Crippen LogP contribution is -2.24. The number of fused-ring (bicyclic) bond motifs is 1. The summed E-state index contributed by atoms with van der Waals surface area (Å²) in [4.78, 5) is 24.8. The van der Waals surface area contributed by atoms with Crippen molar-refractivity contribution in [3.63, 3.8) is 0 Å². The first kappa shape index (κ1) is 22.8. The molecular weight excluding hydrogens is 440 g/mol. The van der Waals surface area contributed by atoms with Gasteiger partial charge in [0.25, 0.3) is 0 Å². The van der Waals surface area contributed by atoms with E-state index in [4.69, 9.17) is 9.47 Å². The summed E-state index contributed by atoms with van der Waals surface area (Å²) < 4.78 is 13.7. The molecule has 1 amide bonds. The summed E-state index contributed by atoms with van der Waals surface area (Å²) in [5.74, 6) is 1.81. The van der Waals surface area contributed by atoms with Gasteiger partial charge in [0.2, 0.25) is 5.91 Å². The molecule has 0 saturated heterocycles. The van der Waals surface area contributed by atoms with Crippen LogP contribution >= 0.6 is 11.8 Å². The summed E-state index contributed by atoms with van der Waals surface area (Å²) in [6.07, 6.45) is -0.383. The van der Waals surface area contributed by atoms with Gasteiger partial charge in [-0.05, 0) is 43.3 Å². The zero-order valence-corrected chi connectivity index (χ0v) is 19.8. The van der Waals surface area contributed by atoms with Crippen LogP contribution in [0.4, 0.5) is 5.69 Å². The molecule has 2 atom stereocenters. The normalized spacial score (nSPS) is 15.8. The first-order chi connectivity index (χ1) is 15.8. The van der Waals surface area contributed by atoms with Crippen LogP contribution in [-0.4, -0.2) is 38.3 Å². The molecule has 3 aromatic rings. The first-order valence-corrected chi connectivity index (χ1v) is 11.6. The third kappa shape index (κ3) is 5.03. The van der Waals surface area contributed by atoms with Crippen molar-refractivity contribution in [1.82, 2.24) is 14.8 Å². The highest BCUT2D eigenvalue weighted by Gasteiger charge is 2.28. The molecule has 9 heteroatoms. The Hall–Kier alpha value is -3.33. The lowest BCUT2D eigenvalue weighted by atomic mass is 10.1. The maximum Gasteiger partial charge on any atom is 0.226 e. The van der Waals surface area contributed by atoms with Gasteiger partial charge in [-0.25, -0.2) is 0 Å². The Morgan fingerprint density at radius 2 is 1.76 bits per heavy atom. The number of nitrogens with zero attached hydrogens (tertiary/aromatic N) is 3. The highest BCUT2D eigenvalue weighted by atomic mass is 32.2. The average Bonchev–Trinajstić information content (AvgIpc) is 3.18. The van der Waals surface area contributed by atoms with E-state index in [2.05, 4.69) is 15.5 Å². The minimum Gasteiger partial charge on any atom is -0.485 e. The molecular formula is C24H26N4O4S. The molecule has 0 spiro atoms. The van der Waals surface area contributed by atoms with Crippen LogP contribution in [0.15, 0.2) is 53.7 Å². The number of Topliss-reactive ketones (excluding diaryl/α,β-unsaturated/α-hetero) is 1. The number of hydrogen-bond acceptors (Lipinski definition) is 7. The number of nitrogens with one attached hydrogen (secondary N) is 1. The fourth-order valence-corrected chi connectivity index (χ4v) is 4.21.